The van der Waals surface area contributed by atoms with Crippen molar-refractivity contribution >= 4 is 29.3 Å². The lowest BCUT2D eigenvalue weighted by molar-refractivity contribution is 0.639. The fourth-order valence-corrected chi connectivity index (χ4v) is 7.67. The Labute approximate surface area is 88.0 Å². The van der Waals surface area contributed by atoms with Gasteiger partial charge in [-0.1, -0.05) is 40.5 Å². The summed E-state index contributed by atoms with van der Waals surface area (Å²) in [7, 11) is 0. The zero-order valence-corrected chi connectivity index (χ0v) is 9.92. The van der Waals surface area contributed by atoms with E-state index in [1.165, 1.54) is 17.1 Å². The van der Waals surface area contributed by atoms with Crippen LogP contribution in [0.5, 0.6) is 5.75 Å². The molecule has 1 aliphatic heterocycles. The van der Waals surface area contributed by atoms with E-state index in [0.717, 1.165) is 5.75 Å². The van der Waals surface area contributed by atoms with Gasteiger partial charge in [-0.05, 0) is 19.1 Å². The van der Waals surface area contributed by atoms with Crippen LogP contribution in [0.15, 0.2) is 24.3 Å². The highest BCUT2D eigenvalue weighted by atomic mass is 33.1. The molecule has 0 aromatic heterocycles. The first-order valence-electron chi connectivity index (χ1n) is 4.15. The van der Waals surface area contributed by atoms with Gasteiger partial charge in [0, 0.05) is 11.5 Å². The summed E-state index contributed by atoms with van der Waals surface area (Å²) in [5.74, 6) is 3.49. The minimum atomic E-state index is -0.298. The number of aryl methyl sites for hydroxylation is 1. The van der Waals surface area contributed by atoms with Crippen LogP contribution < -0.4 is 4.52 Å². The Morgan fingerprint density at radius 2 is 1.77 bits per heavy atom. The van der Waals surface area contributed by atoms with Crippen LogP contribution in [0.1, 0.15) is 5.56 Å². The van der Waals surface area contributed by atoms with E-state index in [9.17, 15) is 0 Å². The lowest BCUT2D eigenvalue weighted by Gasteiger charge is -2.09. The summed E-state index contributed by atoms with van der Waals surface area (Å²) in [6, 6.07) is 8.29. The molecule has 1 saturated heterocycles. The van der Waals surface area contributed by atoms with E-state index in [0.29, 0.717) is 0 Å². The number of hydrogen-bond donors (Lipinski definition) is 0. The normalized spacial score (nSPS) is 17.6. The van der Waals surface area contributed by atoms with Gasteiger partial charge in [-0.2, -0.15) is 0 Å². The molecular weight excluding hydrogens is 219 g/mol. The molecule has 0 unspecified atom stereocenters. The van der Waals surface area contributed by atoms with Crippen LogP contribution in [0.2, 0.25) is 0 Å². The summed E-state index contributed by atoms with van der Waals surface area (Å²) in [5.41, 5.74) is 1.28. The molecule has 0 aliphatic carbocycles. The molecule has 1 aromatic carbocycles. The molecule has 1 aliphatic rings. The molecule has 4 heteroatoms. The first-order chi connectivity index (χ1) is 6.34. The molecule has 1 fully saturated rings. The molecular formula is C9H11OPS2. The minimum absolute atomic E-state index is 0.298. The molecule has 1 aromatic rings. The number of benzene rings is 1. The lowest BCUT2D eigenvalue weighted by atomic mass is 10.2. The summed E-state index contributed by atoms with van der Waals surface area (Å²) in [5, 5.41) is 0. The van der Waals surface area contributed by atoms with Gasteiger partial charge < -0.3 is 4.52 Å². The molecule has 70 valence electrons. The van der Waals surface area contributed by atoms with Gasteiger partial charge in [-0.3, -0.25) is 0 Å². The fourth-order valence-electron chi connectivity index (χ4n) is 0.999. The molecule has 0 saturated carbocycles. The van der Waals surface area contributed by atoms with E-state index < -0.39 is 0 Å². The van der Waals surface area contributed by atoms with Crippen molar-refractivity contribution in [1.29, 1.82) is 0 Å². The zero-order chi connectivity index (χ0) is 9.10. The van der Waals surface area contributed by atoms with E-state index >= 15 is 0 Å². The fraction of sp³-hybridized carbons (Fsp3) is 0.333. The molecule has 2 rings (SSSR count). The van der Waals surface area contributed by atoms with Crippen LogP contribution in [0, 0.1) is 6.92 Å². The van der Waals surface area contributed by atoms with Gasteiger partial charge in [0.2, 0.25) is 6.55 Å². The van der Waals surface area contributed by atoms with Crippen molar-refractivity contribution < 1.29 is 4.52 Å². The van der Waals surface area contributed by atoms with Crippen LogP contribution in [-0.2, 0) is 0 Å². The van der Waals surface area contributed by atoms with Gasteiger partial charge in [0.25, 0.3) is 0 Å². The zero-order valence-electron chi connectivity index (χ0n) is 7.40. The Balaban J connectivity index is 1.97. The highest BCUT2D eigenvalue weighted by molar-refractivity contribution is 8.88. The van der Waals surface area contributed by atoms with Crippen molar-refractivity contribution in [2.75, 3.05) is 11.5 Å². The third-order valence-corrected chi connectivity index (χ3v) is 8.20. The Morgan fingerprint density at radius 1 is 1.15 bits per heavy atom. The van der Waals surface area contributed by atoms with Crippen molar-refractivity contribution in [3.63, 3.8) is 0 Å². The van der Waals surface area contributed by atoms with Gasteiger partial charge in [0.05, 0.1) is 0 Å². The highest BCUT2D eigenvalue weighted by Crippen LogP contribution is 2.65. The second-order valence-electron chi connectivity index (χ2n) is 2.79. The Morgan fingerprint density at radius 3 is 2.38 bits per heavy atom. The first-order valence-corrected chi connectivity index (χ1v) is 8.59. The maximum absolute atomic E-state index is 5.82. The van der Waals surface area contributed by atoms with E-state index in [2.05, 4.69) is 31.2 Å². The van der Waals surface area contributed by atoms with Crippen molar-refractivity contribution in [1.82, 2.24) is 0 Å². The minimum Gasteiger partial charge on any atom is -0.453 e. The smallest absolute Gasteiger partial charge is 0.209 e. The Bertz CT molecular complexity index is 269. The maximum atomic E-state index is 5.82. The van der Waals surface area contributed by atoms with Crippen LogP contribution in [0.25, 0.3) is 0 Å². The lowest BCUT2D eigenvalue weighted by Crippen LogP contribution is -1.79. The Kier molecular flexibility index (Phi) is 3.42. The summed E-state index contributed by atoms with van der Waals surface area (Å²) in [6.07, 6.45) is 0. The van der Waals surface area contributed by atoms with E-state index in [1.54, 1.807) is 0 Å². The van der Waals surface area contributed by atoms with Gasteiger partial charge >= 0.3 is 0 Å². The van der Waals surface area contributed by atoms with E-state index in [1.807, 2.05) is 22.8 Å². The third kappa shape index (κ3) is 2.80. The number of hydrogen-bond acceptors (Lipinski definition) is 3. The van der Waals surface area contributed by atoms with Gasteiger partial charge in [-0.15, -0.1) is 0 Å². The quantitative estimate of drug-likeness (QED) is 0.708. The van der Waals surface area contributed by atoms with Crippen molar-refractivity contribution in [2.45, 2.75) is 6.92 Å². The summed E-state index contributed by atoms with van der Waals surface area (Å²) < 4.78 is 5.82. The molecule has 0 atom stereocenters. The molecule has 0 bridgehead atoms. The molecule has 0 amide bonds. The summed E-state index contributed by atoms with van der Waals surface area (Å²) >= 11 is 3.89. The maximum Gasteiger partial charge on any atom is 0.209 e. The summed E-state index contributed by atoms with van der Waals surface area (Å²) in [6.45, 7) is 1.79. The molecule has 1 heterocycles. The van der Waals surface area contributed by atoms with Crippen LogP contribution in [0.3, 0.4) is 0 Å². The molecule has 0 radical (unpaired) electrons. The highest BCUT2D eigenvalue weighted by Gasteiger charge is 2.18. The van der Waals surface area contributed by atoms with Crippen molar-refractivity contribution in [2.24, 2.45) is 0 Å². The van der Waals surface area contributed by atoms with Crippen molar-refractivity contribution in [3.05, 3.63) is 29.8 Å². The topological polar surface area (TPSA) is 9.23 Å². The standard InChI is InChI=1S/C9H11OPS2/c1-8-2-4-9(5-3-8)10-11-12-6-7-13-11/h2-5H,6-7H2,1H3. The monoisotopic (exact) mass is 230 g/mol. The predicted octanol–water partition coefficient (Wildman–Crippen LogP) is 4.08. The summed E-state index contributed by atoms with van der Waals surface area (Å²) in [4.78, 5) is 0. The van der Waals surface area contributed by atoms with Crippen LogP contribution in [-0.4, -0.2) is 11.5 Å². The van der Waals surface area contributed by atoms with Gasteiger partial charge in [0.1, 0.15) is 5.75 Å². The first kappa shape index (κ1) is 9.70. The average Bonchev–Trinajstić information content (AvgIpc) is 2.62. The molecule has 13 heavy (non-hydrogen) atoms. The van der Waals surface area contributed by atoms with E-state index in [-0.39, 0.29) is 6.55 Å². The van der Waals surface area contributed by atoms with Crippen LogP contribution >= 0.6 is 29.3 Å². The Hall–Kier alpha value is 0.150. The second-order valence-corrected chi connectivity index (χ2v) is 8.99. The largest absolute Gasteiger partial charge is 0.453 e. The second kappa shape index (κ2) is 4.59. The van der Waals surface area contributed by atoms with Gasteiger partial charge in [-0.25, -0.2) is 0 Å². The van der Waals surface area contributed by atoms with Gasteiger partial charge in [0.15, 0.2) is 0 Å². The van der Waals surface area contributed by atoms with Crippen LogP contribution in [0.4, 0.5) is 0 Å². The molecule has 1 nitrogen and oxygen atoms in total. The third-order valence-electron chi connectivity index (χ3n) is 1.68. The predicted molar refractivity (Wildman–Crippen MR) is 63.6 cm³/mol. The average molecular weight is 230 g/mol. The molecule has 0 N–H and O–H groups in total. The van der Waals surface area contributed by atoms with E-state index in [4.69, 9.17) is 4.52 Å². The molecule has 0 spiro atoms. The van der Waals surface area contributed by atoms with Crippen molar-refractivity contribution in [3.8, 4) is 5.75 Å². The SMILES string of the molecule is Cc1ccc(OP2SCCS2)cc1. The number of rotatable bonds is 2.